The maximum absolute atomic E-state index is 11.1. The summed E-state index contributed by atoms with van der Waals surface area (Å²) >= 11 is 0. The fraction of sp³-hybridized carbons (Fsp3) is 0.400. The first-order chi connectivity index (χ1) is 11.5. The molecule has 0 saturated carbocycles. The van der Waals surface area contributed by atoms with Gasteiger partial charge in [0.05, 0.1) is 35.9 Å². The van der Waals surface area contributed by atoms with E-state index < -0.39 is 5.91 Å². The third kappa shape index (κ3) is 2.42. The lowest BCUT2D eigenvalue weighted by molar-refractivity contribution is -0.117. The SMILES string of the molecule is CC1(c2nc(-n3ncc4cnc(CC(N)=O)cc43)no2)CCOC1. The number of rotatable bonds is 4. The van der Waals surface area contributed by atoms with Crippen LogP contribution in [0.15, 0.2) is 23.0 Å². The number of nitrogens with zero attached hydrogens (tertiary/aromatic N) is 5. The van der Waals surface area contributed by atoms with Gasteiger partial charge in [-0.1, -0.05) is 0 Å². The minimum atomic E-state index is -0.441. The summed E-state index contributed by atoms with van der Waals surface area (Å²) in [6.45, 7) is 3.27. The van der Waals surface area contributed by atoms with Crippen LogP contribution in [0.3, 0.4) is 0 Å². The first-order valence-electron chi connectivity index (χ1n) is 7.58. The maximum atomic E-state index is 11.1. The number of hydrogen-bond donors (Lipinski definition) is 1. The van der Waals surface area contributed by atoms with Crippen molar-refractivity contribution in [3.8, 4) is 5.95 Å². The second-order valence-corrected chi connectivity index (χ2v) is 6.20. The van der Waals surface area contributed by atoms with Gasteiger partial charge < -0.3 is 15.0 Å². The Bertz CT molecular complexity index is 909. The summed E-state index contributed by atoms with van der Waals surface area (Å²) in [5.74, 6) is 0.429. The molecule has 1 fully saturated rings. The summed E-state index contributed by atoms with van der Waals surface area (Å²) in [7, 11) is 0. The molecule has 0 aliphatic carbocycles. The van der Waals surface area contributed by atoms with Gasteiger partial charge in [-0.2, -0.15) is 14.8 Å². The summed E-state index contributed by atoms with van der Waals surface area (Å²) in [5, 5.41) is 9.14. The largest absolute Gasteiger partial charge is 0.380 e. The van der Waals surface area contributed by atoms with Crippen molar-refractivity contribution in [2.45, 2.75) is 25.2 Å². The van der Waals surface area contributed by atoms with Crippen LogP contribution in [-0.4, -0.2) is 44.0 Å². The fourth-order valence-electron chi connectivity index (χ4n) is 2.78. The van der Waals surface area contributed by atoms with Crippen molar-refractivity contribution < 1.29 is 14.1 Å². The van der Waals surface area contributed by atoms with E-state index in [4.69, 9.17) is 15.0 Å². The van der Waals surface area contributed by atoms with Crippen LogP contribution >= 0.6 is 0 Å². The van der Waals surface area contributed by atoms with Crippen molar-refractivity contribution in [3.05, 3.63) is 30.0 Å². The average Bonchev–Trinajstić information content (AvgIpc) is 3.24. The molecule has 9 nitrogen and oxygen atoms in total. The lowest BCUT2D eigenvalue weighted by Gasteiger charge is -2.14. The lowest BCUT2D eigenvalue weighted by atomic mass is 9.90. The third-order valence-corrected chi connectivity index (χ3v) is 4.20. The number of fused-ring (bicyclic) bond motifs is 1. The highest BCUT2D eigenvalue weighted by Crippen LogP contribution is 2.31. The Balaban J connectivity index is 1.73. The molecule has 0 aromatic carbocycles. The molecule has 0 bridgehead atoms. The zero-order valence-corrected chi connectivity index (χ0v) is 13.1. The minimum absolute atomic E-state index is 0.0635. The number of nitrogens with two attached hydrogens (primary N) is 1. The van der Waals surface area contributed by atoms with Crippen LogP contribution in [-0.2, 0) is 21.4 Å². The van der Waals surface area contributed by atoms with Gasteiger partial charge in [-0.05, 0) is 24.6 Å². The maximum Gasteiger partial charge on any atom is 0.291 e. The molecule has 3 aromatic heterocycles. The monoisotopic (exact) mass is 328 g/mol. The van der Waals surface area contributed by atoms with Gasteiger partial charge in [0.25, 0.3) is 5.95 Å². The van der Waals surface area contributed by atoms with E-state index in [0.717, 1.165) is 17.3 Å². The Morgan fingerprint density at radius 1 is 1.46 bits per heavy atom. The van der Waals surface area contributed by atoms with E-state index in [9.17, 15) is 4.79 Å². The Morgan fingerprint density at radius 3 is 3.08 bits per heavy atom. The van der Waals surface area contributed by atoms with Gasteiger partial charge in [-0.15, -0.1) is 0 Å². The van der Waals surface area contributed by atoms with Gasteiger partial charge in [0.1, 0.15) is 0 Å². The van der Waals surface area contributed by atoms with E-state index in [2.05, 4.69) is 20.2 Å². The fourth-order valence-corrected chi connectivity index (χ4v) is 2.78. The number of carbonyl (C=O) groups is 1. The van der Waals surface area contributed by atoms with Crippen LogP contribution in [0.4, 0.5) is 0 Å². The minimum Gasteiger partial charge on any atom is -0.380 e. The highest BCUT2D eigenvalue weighted by Gasteiger charge is 2.37. The Morgan fingerprint density at radius 2 is 2.33 bits per heavy atom. The van der Waals surface area contributed by atoms with E-state index in [1.54, 1.807) is 23.1 Å². The van der Waals surface area contributed by atoms with Gasteiger partial charge in [0.15, 0.2) is 0 Å². The lowest BCUT2D eigenvalue weighted by Crippen LogP contribution is -2.22. The molecule has 1 saturated heterocycles. The van der Waals surface area contributed by atoms with E-state index in [0.29, 0.717) is 30.7 Å². The first kappa shape index (κ1) is 14.8. The topological polar surface area (TPSA) is 122 Å². The van der Waals surface area contributed by atoms with Gasteiger partial charge >= 0.3 is 0 Å². The van der Waals surface area contributed by atoms with E-state index in [1.165, 1.54) is 0 Å². The van der Waals surface area contributed by atoms with Crippen LogP contribution in [0.25, 0.3) is 16.9 Å². The van der Waals surface area contributed by atoms with Crippen molar-refractivity contribution >= 4 is 16.8 Å². The molecule has 24 heavy (non-hydrogen) atoms. The van der Waals surface area contributed by atoms with Crippen molar-refractivity contribution in [1.82, 2.24) is 24.9 Å². The van der Waals surface area contributed by atoms with Crippen LogP contribution < -0.4 is 5.73 Å². The quantitative estimate of drug-likeness (QED) is 0.740. The normalized spacial score (nSPS) is 20.7. The number of aromatic nitrogens is 5. The number of pyridine rings is 1. The number of primary amides is 1. The smallest absolute Gasteiger partial charge is 0.291 e. The summed E-state index contributed by atoms with van der Waals surface area (Å²) in [5.41, 5.74) is 6.26. The van der Waals surface area contributed by atoms with E-state index >= 15 is 0 Å². The van der Waals surface area contributed by atoms with Crippen LogP contribution in [0.2, 0.25) is 0 Å². The molecule has 1 atom stereocenters. The molecule has 0 radical (unpaired) electrons. The van der Waals surface area contributed by atoms with Crippen molar-refractivity contribution in [2.24, 2.45) is 5.73 Å². The molecule has 4 rings (SSSR count). The predicted molar refractivity (Wildman–Crippen MR) is 82.4 cm³/mol. The van der Waals surface area contributed by atoms with E-state index in [-0.39, 0.29) is 11.8 Å². The molecule has 1 unspecified atom stereocenters. The van der Waals surface area contributed by atoms with E-state index in [1.807, 2.05) is 6.92 Å². The molecule has 1 amide bonds. The van der Waals surface area contributed by atoms with Gasteiger partial charge in [-0.25, -0.2) is 0 Å². The Labute approximate surface area is 136 Å². The number of hydrogen-bond acceptors (Lipinski definition) is 7. The summed E-state index contributed by atoms with van der Waals surface area (Å²) in [6, 6.07) is 1.75. The molecular formula is C15H16N6O3. The zero-order chi connectivity index (χ0) is 16.7. The highest BCUT2D eigenvalue weighted by molar-refractivity contribution is 5.81. The molecule has 9 heteroatoms. The van der Waals surface area contributed by atoms with Gasteiger partial charge in [-0.3, -0.25) is 9.78 Å². The van der Waals surface area contributed by atoms with Gasteiger partial charge in [0, 0.05) is 18.2 Å². The second-order valence-electron chi connectivity index (χ2n) is 6.20. The molecule has 1 aliphatic rings. The van der Waals surface area contributed by atoms with Crippen molar-refractivity contribution in [3.63, 3.8) is 0 Å². The number of amides is 1. The summed E-state index contributed by atoms with van der Waals surface area (Å²) in [6.07, 6.45) is 4.20. The molecule has 0 spiro atoms. The second kappa shape index (κ2) is 5.38. The van der Waals surface area contributed by atoms with Crippen molar-refractivity contribution in [2.75, 3.05) is 13.2 Å². The van der Waals surface area contributed by atoms with Crippen LogP contribution in [0, 0.1) is 0 Å². The number of carbonyl (C=O) groups excluding carboxylic acids is 1. The zero-order valence-electron chi connectivity index (χ0n) is 13.1. The molecule has 1 aliphatic heterocycles. The predicted octanol–water partition coefficient (Wildman–Crippen LogP) is 0.509. The summed E-state index contributed by atoms with van der Waals surface area (Å²) in [4.78, 5) is 19.8. The average molecular weight is 328 g/mol. The third-order valence-electron chi connectivity index (χ3n) is 4.20. The first-order valence-corrected chi connectivity index (χ1v) is 7.58. The summed E-state index contributed by atoms with van der Waals surface area (Å²) < 4.78 is 12.4. The Hall–Kier alpha value is -2.81. The Kier molecular flexibility index (Phi) is 3.31. The standard InChI is InChI=1S/C15H16N6O3/c1-15(2-3-23-8-15)13-19-14(20-24-13)21-11-4-10(5-12(16)22)17-6-9(11)7-18-21/h4,6-7H,2-3,5,8H2,1H3,(H2,16,22). The van der Waals surface area contributed by atoms with Crippen LogP contribution in [0.5, 0.6) is 0 Å². The van der Waals surface area contributed by atoms with Crippen LogP contribution in [0.1, 0.15) is 24.9 Å². The molecule has 124 valence electrons. The van der Waals surface area contributed by atoms with Crippen molar-refractivity contribution in [1.29, 1.82) is 0 Å². The molecule has 3 aromatic rings. The van der Waals surface area contributed by atoms with Gasteiger partial charge in [0.2, 0.25) is 11.8 Å². The molecular weight excluding hydrogens is 312 g/mol. The highest BCUT2D eigenvalue weighted by atomic mass is 16.5. The molecule has 4 heterocycles. The molecule has 2 N–H and O–H groups in total. The number of ether oxygens (including phenoxy) is 1.